The number of aromatic nitrogens is 1. The van der Waals surface area contributed by atoms with Crippen LogP contribution in [0.5, 0.6) is 0 Å². The first-order chi connectivity index (χ1) is 9.33. The van der Waals surface area contributed by atoms with Crippen LogP contribution >= 0.6 is 0 Å². The lowest BCUT2D eigenvalue weighted by molar-refractivity contribution is -0.697. The van der Waals surface area contributed by atoms with E-state index in [9.17, 15) is 0 Å². The van der Waals surface area contributed by atoms with Gasteiger partial charge in [-0.2, -0.15) is 0 Å². The monoisotopic (exact) mass is 301 g/mol. The van der Waals surface area contributed by atoms with Crippen LogP contribution in [0, 0.1) is 6.92 Å². The van der Waals surface area contributed by atoms with E-state index >= 15 is 0 Å². The zero-order valence-corrected chi connectivity index (χ0v) is 13.7. The summed E-state index contributed by atoms with van der Waals surface area (Å²) in [6.45, 7) is 5.57. The summed E-state index contributed by atoms with van der Waals surface area (Å²) in [6.07, 6.45) is 13.2. The summed E-state index contributed by atoms with van der Waals surface area (Å²) < 4.78 is 29.5. The molecule has 1 aromatic rings. The lowest BCUT2D eigenvalue weighted by Crippen LogP contribution is -2.32. The summed E-state index contributed by atoms with van der Waals surface area (Å²) in [5.74, 6) is 0. The fraction of sp³-hybridized carbons (Fsp3) is 0.667. The van der Waals surface area contributed by atoms with Crippen LogP contribution in [-0.4, -0.2) is 19.2 Å². The van der Waals surface area contributed by atoms with Crippen molar-refractivity contribution in [2.75, 3.05) is 6.26 Å². The van der Waals surface area contributed by atoms with Gasteiger partial charge < -0.3 is 4.55 Å². The fourth-order valence-corrected chi connectivity index (χ4v) is 1.76. The summed E-state index contributed by atoms with van der Waals surface area (Å²) in [4.78, 5) is 0. The van der Waals surface area contributed by atoms with Gasteiger partial charge in [0.25, 0.3) is 0 Å². The highest BCUT2D eigenvalue weighted by molar-refractivity contribution is 7.84. The third-order valence-corrected chi connectivity index (χ3v) is 2.83. The van der Waals surface area contributed by atoms with Crippen LogP contribution in [0.15, 0.2) is 24.5 Å². The van der Waals surface area contributed by atoms with E-state index in [4.69, 9.17) is 13.0 Å². The average molecular weight is 301 g/mol. The first-order valence-corrected chi connectivity index (χ1v) is 9.01. The Balaban J connectivity index is 0.000000621. The first kappa shape index (κ1) is 19.1. The lowest BCUT2D eigenvalue weighted by atomic mass is 10.1. The molecule has 1 aromatic heterocycles. The minimum absolute atomic E-state index is 0.604. The minimum atomic E-state index is -3.92. The zero-order chi connectivity index (χ0) is 15.4. The molecule has 0 aliphatic carbocycles. The summed E-state index contributed by atoms with van der Waals surface area (Å²) in [7, 11) is -3.92. The van der Waals surface area contributed by atoms with Crippen molar-refractivity contribution in [1.29, 1.82) is 0 Å². The SMILES string of the molecule is CCCCCCCC[n+]1ccc(C)cc1.CS(=O)(=O)[O-]. The van der Waals surface area contributed by atoms with E-state index in [1.807, 2.05) is 0 Å². The van der Waals surface area contributed by atoms with Crippen LogP contribution in [-0.2, 0) is 16.7 Å². The highest BCUT2D eigenvalue weighted by Crippen LogP contribution is 2.04. The van der Waals surface area contributed by atoms with Gasteiger partial charge in [-0.25, -0.2) is 13.0 Å². The summed E-state index contributed by atoms with van der Waals surface area (Å²) >= 11 is 0. The van der Waals surface area contributed by atoms with Crippen LogP contribution in [0.2, 0.25) is 0 Å². The normalized spacial score (nSPS) is 10.8. The number of aryl methyl sites for hydroxylation is 2. The Morgan fingerprint density at radius 2 is 1.50 bits per heavy atom. The summed E-state index contributed by atoms with van der Waals surface area (Å²) in [5, 5.41) is 0. The Bertz CT molecular complexity index is 433. The third-order valence-electron chi connectivity index (χ3n) is 2.83. The Morgan fingerprint density at radius 1 is 1.05 bits per heavy atom. The predicted octanol–water partition coefficient (Wildman–Crippen LogP) is 2.80. The highest BCUT2D eigenvalue weighted by atomic mass is 32.2. The van der Waals surface area contributed by atoms with Gasteiger partial charge in [-0.05, 0) is 18.9 Å². The number of hydrogen-bond donors (Lipinski definition) is 0. The Morgan fingerprint density at radius 3 is 2.00 bits per heavy atom. The molecular weight excluding hydrogens is 274 g/mol. The first-order valence-electron chi connectivity index (χ1n) is 7.19. The largest absolute Gasteiger partial charge is 0.748 e. The number of unbranched alkanes of at least 4 members (excludes halogenated alkanes) is 5. The number of nitrogens with zero attached hydrogens (tertiary/aromatic N) is 1. The van der Waals surface area contributed by atoms with Crippen molar-refractivity contribution < 1.29 is 17.5 Å². The summed E-state index contributed by atoms with van der Waals surface area (Å²) in [6, 6.07) is 4.36. The van der Waals surface area contributed by atoms with Crippen LogP contribution in [0.1, 0.15) is 51.0 Å². The highest BCUT2D eigenvalue weighted by Gasteiger charge is 1.98. The fourth-order valence-electron chi connectivity index (χ4n) is 1.76. The van der Waals surface area contributed by atoms with Gasteiger partial charge in [0.15, 0.2) is 12.4 Å². The van der Waals surface area contributed by atoms with Gasteiger partial charge in [-0.3, -0.25) is 0 Å². The van der Waals surface area contributed by atoms with Crippen LogP contribution in [0.3, 0.4) is 0 Å². The van der Waals surface area contributed by atoms with Gasteiger partial charge in [0.2, 0.25) is 0 Å². The third kappa shape index (κ3) is 15.1. The molecule has 5 heteroatoms. The van der Waals surface area contributed by atoms with Crippen molar-refractivity contribution in [3.05, 3.63) is 30.1 Å². The van der Waals surface area contributed by atoms with Gasteiger partial charge in [-0.1, -0.05) is 32.6 Å². The molecule has 116 valence electrons. The van der Waals surface area contributed by atoms with Crippen molar-refractivity contribution in [2.24, 2.45) is 0 Å². The molecule has 0 amide bonds. The smallest absolute Gasteiger partial charge is 0.169 e. The second kappa shape index (κ2) is 10.8. The van der Waals surface area contributed by atoms with E-state index in [1.54, 1.807) is 0 Å². The van der Waals surface area contributed by atoms with E-state index < -0.39 is 10.1 Å². The quantitative estimate of drug-likeness (QED) is 0.442. The molecule has 0 saturated carbocycles. The van der Waals surface area contributed by atoms with Crippen LogP contribution in [0.25, 0.3) is 0 Å². The topological polar surface area (TPSA) is 61.1 Å². The number of hydrogen-bond acceptors (Lipinski definition) is 3. The molecular formula is C15H27NO3S. The second-order valence-electron chi connectivity index (χ2n) is 5.09. The van der Waals surface area contributed by atoms with E-state index in [2.05, 4.69) is 42.9 Å². The molecule has 0 bridgehead atoms. The van der Waals surface area contributed by atoms with Crippen molar-refractivity contribution in [1.82, 2.24) is 0 Å². The van der Waals surface area contributed by atoms with Gasteiger partial charge in [0.1, 0.15) is 6.54 Å². The molecule has 0 aliphatic rings. The van der Waals surface area contributed by atoms with Gasteiger partial charge in [0.05, 0.1) is 10.1 Å². The molecule has 0 saturated heterocycles. The molecule has 0 aromatic carbocycles. The molecule has 20 heavy (non-hydrogen) atoms. The Labute approximate surface area is 123 Å². The zero-order valence-electron chi connectivity index (χ0n) is 12.8. The molecule has 0 N–H and O–H groups in total. The maximum absolute atomic E-state index is 9.08. The Kier molecular flexibility index (Phi) is 10.3. The average Bonchev–Trinajstić information content (AvgIpc) is 2.34. The summed E-state index contributed by atoms with van der Waals surface area (Å²) in [5.41, 5.74) is 1.34. The maximum atomic E-state index is 9.08. The molecule has 0 unspecified atom stereocenters. The van der Waals surface area contributed by atoms with Crippen LogP contribution in [0.4, 0.5) is 0 Å². The van der Waals surface area contributed by atoms with E-state index in [1.165, 1.54) is 50.6 Å². The van der Waals surface area contributed by atoms with Crippen molar-refractivity contribution in [2.45, 2.75) is 58.9 Å². The lowest BCUT2D eigenvalue weighted by Gasteiger charge is -1.99. The second-order valence-corrected chi connectivity index (χ2v) is 6.49. The molecule has 1 rings (SSSR count). The van der Waals surface area contributed by atoms with Crippen LogP contribution < -0.4 is 4.57 Å². The Hall–Kier alpha value is -0.940. The molecule has 4 nitrogen and oxygen atoms in total. The predicted molar refractivity (Wildman–Crippen MR) is 80.4 cm³/mol. The molecule has 0 aliphatic heterocycles. The van der Waals surface area contributed by atoms with Gasteiger partial charge in [0, 0.05) is 24.8 Å². The molecule has 0 radical (unpaired) electrons. The van der Waals surface area contributed by atoms with E-state index in [-0.39, 0.29) is 0 Å². The van der Waals surface area contributed by atoms with Gasteiger partial charge in [-0.15, -0.1) is 0 Å². The maximum Gasteiger partial charge on any atom is 0.169 e. The number of rotatable bonds is 7. The minimum Gasteiger partial charge on any atom is -0.748 e. The van der Waals surface area contributed by atoms with E-state index in [0.29, 0.717) is 6.26 Å². The van der Waals surface area contributed by atoms with Gasteiger partial charge >= 0.3 is 0 Å². The number of pyridine rings is 1. The molecule has 0 atom stereocenters. The molecule has 0 spiro atoms. The van der Waals surface area contributed by atoms with Crippen molar-refractivity contribution >= 4 is 10.1 Å². The van der Waals surface area contributed by atoms with Crippen molar-refractivity contribution in [3.63, 3.8) is 0 Å². The molecule has 1 heterocycles. The van der Waals surface area contributed by atoms with E-state index in [0.717, 1.165) is 0 Å². The van der Waals surface area contributed by atoms with Crippen molar-refractivity contribution in [3.8, 4) is 0 Å². The molecule has 0 fully saturated rings. The standard InChI is InChI=1S/C14H24N.CH4O3S/c1-3-4-5-6-7-8-11-15-12-9-14(2)10-13-15;1-5(2,3)4/h9-10,12-13H,3-8,11H2,1-2H3;1H3,(H,2,3,4)/q+1;/p-1.